The summed E-state index contributed by atoms with van der Waals surface area (Å²) in [4.78, 5) is 24.8. The highest BCUT2D eigenvalue weighted by Crippen LogP contribution is 2.23. The van der Waals surface area contributed by atoms with E-state index in [2.05, 4.69) is 0 Å². The van der Waals surface area contributed by atoms with Gasteiger partial charge in [-0.05, 0) is 30.3 Å². The zero-order valence-corrected chi connectivity index (χ0v) is 13.7. The predicted molar refractivity (Wildman–Crippen MR) is 87.9 cm³/mol. The van der Waals surface area contributed by atoms with E-state index in [1.807, 2.05) is 29.2 Å². The molecule has 1 aromatic carbocycles. The molecule has 2 N–H and O–H groups in total. The van der Waals surface area contributed by atoms with Gasteiger partial charge in [-0.3, -0.25) is 4.79 Å². The number of hydrogen-bond acceptors (Lipinski definition) is 6. The summed E-state index contributed by atoms with van der Waals surface area (Å²) in [5, 5.41) is 0. The number of benzene rings is 1. The van der Waals surface area contributed by atoms with Crippen LogP contribution in [0.5, 0.6) is 5.75 Å². The second kappa shape index (κ2) is 8.05. The molecule has 0 radical (unpaired) electrons. The lowest BCUT2D eigenvalue weighted by atomic mass is 10.2. The normalized spacial score (nSPS) is 10.2. The van der Waals surface area contributed by atoms with Gasteiger partial charge in [-0.25, -0.2) is 4.79 Å². The first-order valence-corrected chi connectivity index (χ1v) is 7.37. The number of methoxy groups -OCH3 is 2. The van der Waals surface area contributed by atoms with Crippen molar-refractivity contribution in [3.8, 4) is 5.75 Å². The van der Waals surface area contributed by atoms with Crippen molar-refractivity contribution >= 4 is 17.6 Å². The van der Waals surface area contributed by atoms with Gasteiger partial charge in [-0.15, -0.1) is 0 Å². The Morgan fingerprint density at radius 2 is 1.88 bits per heavy atom. The van der Waals surface area contributed by atoms with Crippen LogP contribution in [0, 0.1) is 0 Å². The lowest BCUT2D eigenvalue weighted by Gasteiger charge is -2.24. The molecule has 0 atom stereocenters. The van der Waals surface area contributed by atoms with Crippen molar-refractivity contribution in [3.05, 3.63) is 47.9 Å². The van der Waals surface area contributed by atoms with Gasteiger partial charge < -0.3 is 24.5 Å². The lowest BCUT2D eigenvalue weighted by molar-refractivity contribution is -0.117. The number of furan rings is 1. The summed E-state index contributed by atoms with van der Waals surface area (Å²) in [5.41, 5.74) is 6.46. The van der Waals surface area contributed by atoms with Crippen molar-refractivity contribution in [2.75, 3.05) is 25.7 Å². The average molecular weight is 332 g/mol. The second-order valence-corrected chi connectivity index (χ2v) is 5.08. The Labute approximate surface area is 139 Å². The van der Waals surface area contributed by atoms with Gasteiger partial charge in [0.2, 0.25) is 5.91 Å². The number of carbonyl (C=O) groups is 2. The second-order valence-electron chi connectivity index (χ2n) is 5.08. The molecule has 0 unspecified atom stereocenters. The molecule has 7 heteroatoms. The molecule has 0 spiro atoms. The summed E-state index contributed by atoms with van der Waals surface area (Å²) >= 11 is 0. The molecule has 0 aliphatic carbocycles. The van der Waals surface area contributed by atoms with E-state index >= 15 is 0 Å². The van der Waals surface area contributed by atoms with Gasteiger partial charge >= 0.3 is 5.97 Å². The van der Waals surface area contributed by atoms with Crippen molar-refractivity contribution in [2.24, 2.45) is 5.73 Å². The average Bonchev–Trinajstić information content (AvgIpc) is 3.06. The number of rotatable bonds is 8. The summed E-state index contributed by atoms with van der Waals surface area (Å²) in [6, 6.07) is 8.91. The van der Waals surface area contributed by atoms with Crippen molar-refractivity contribution in [1.29, 1.82) is 0 Å². The minimum absolute atomic E-state index is 0.181. The van der Waals surface area contributed by atoms with E-state index in [4.69, 9.17) is 19.6 Å². The van der Waals surface area contributed by atoms with Crippen molar-refractivity contribution in [3.63, 3.8) is 0 Å². The highest BCUT2D eigenvalue weighted by molar-refractivity contribution is 5.90. The number of anilines is 1. The first-order valence-electron chi connectivity index (χ1n) is 7.37. The standard InChI is InChI=1S/C17H20N2O5/c1-22-13-5-3-12(4-6-13)19(9-7-16(18)20)11-15-14(8-10-24-15)17(21)23-2/h3-6,8,10H,7,9,11H2,1-2H3,(H2,18,20). The fourth-order valence-electron chi connectivity index (χ4n) is 2.27. The Hall–Kier alpha value is -2.96. The van der Waals surface area contributed by atoms with Gasteiger partial charge in [0.05, 0.1) is 27.0 Å². The molecule has 128 valence electrons. The number of hydrogen-bond donors (Lipinski definition) is 1. The van der Waals surface area contributed by atoms with E-state index in [0.717, 1.165) is 11.4 Å². The molecule has 2 rings (SSSR count). The summed E-state index contributed by atoms with van der Waals surface area (Å²) in [6.07, 6.45) is 1.61. The lowest BCUT2D eigenvalue weighted by Crippen LogP contribution is -2.28. The fourth-order valence-corrected chi connectivity index (χ4v) is 2.27. The van der Waals surface area contributed by atoms with Crippen LogP contribution < -0.4 is 15.4 Å². The molecule has 7 nitrogen and oxygen atoms in total. The van der Waals surface area contributed by atoms with Gasteiger partial charge in [0, 0.05) is 18.7 Å². The van der Waals surface area contributed by atoms with E-state index in [9.17, 15) is 9.59 Å². The summed E-state index contributed by atoms with van der Waals surface area (Å²) < 4.78 is 15.3. The Balaban J connectivity index is 2.24. The van der Waals surface area contributed by atoms with Crippen molar-refractivity contribution < 1.29 is 23.5 Å². The van der Waals surface area contributed by atoms with Crippen LogP contribution in [-0.2, 0) is 16.1 Å². The van der Waals surface area contributed by atoms with Crippen LogP contribution in [-0.4, -0.2) is 32.6 Å². The number of ether oxygens (including phenoxy) is 2. The Morgan fingerprint density at radius 3 is 2.46 bits per heavy atom. The van der Waals surface area contributed by atoms with Gasteiger partial charge in [0.25, 0.3) is 0 Å². The summed E-state index contributed by atoms with van der Waals surface area (Å²) in [7, 11) is 2.90. The maximum Gasteiger partial charge on any atom is 0.341 e. The van der Waals surface area contributed by atoms with Gasteiger partial charge in [0.15, 0.2) is 0 Å². The van der Waals surface area contributed by atoms with E-state index < -0.39 is 11.9 Å². The number of amides is 1. The molecule has 0 aliphatic heterocycles. The molecule has 24 heavy (non-hydrogen) atoms. The van der Waals surface area contributed by atoms with Crippen LogP contribution >= 0.6 is 0 Å². The first kappa shape index (κ1) is 17.4. The van der Waals surface area contributed by atoms with E-state index in [1.165, 1.54) is 13.4 Å². The minimum atomic E-state index is -0.469. The predicted octanol–water partition coefficient (Wildman–Crippen LogP) is 1.96. The molecule has 1 amide bonds. The smallest absolute Gasteiger partial charge is 0.341 e. The van der Waals surface area contributed by atoms with Crippen LogP contribution in [0.2, 0.25) is 0 Å². The van der Waals surface area contributed by atoms with Crippen LogP contribution in [0.15, 0.2) is 41.0 Å². The number of nitrogens with two attached hydrogens (primary N) is 1. The Kier molecular flexibility index (Phi) is 5.83. The highest BCUT2D eigenvalue weighted by Gasteiger charge is 2.18. The number of carbonyl (C=O) groups excluding carboxylic acids is 2. The third kappa shape index (κ3) is 4.28. The van der Waals surface area contributed by atoms with E-state index in [1.54, 1.807) is 13.2 Å². The number of nitrogens with zero attached hydrogens (tertiary/aromatic N) is 1. The molecule has 0 bridgehead atoms. The quantitative estimate of drug-likeness (QED) is 0.743. The first-order chi connectivity index (χ1) is 11.5. The fraction of sp³-hybridized carbons (Fsp3) is 0.294. The summed E-state index contributed by atoms with van der Waals surface area (Å²) in [5.74, 6) is 0.313. The maximum atomic E-state index is 11.8. The summed E-state index contributed by atoms with van der Waals surface area (Å²) in [6.45, 7) is 0.694. The maximum absolute atomic E-state index is 11.8. The SMILES string of the molecule is COC(=O)c1ccoc1CN(CCC(N)=O)c1ccc(OC)cc1. The van der Waals surface area contributed by atoms with Crippen LogP contribution in [0.25, 0.3) is 0 Å². The molecular formula is C17H20N2O5. The largest absolute Gasteiger partial charge is 0.497 e. The Bertz CT molecular complexity index is 693. The molecular weight excluding hydrogens is 312 g/mol. The van der Waals surface area contributed by atoms with E-state index in [-0.39, 0.29) is 6.42 Å². The monoisotopic (exact) mass is 332 g/mol. The molecule has 0 fully saturated rings. The van der Waals surface area contributed by atoms with Gasteiger partial charge in [0.1, 0.15) is 17.1 Å². The third-order valence-corrected chi connectivity index (χ3v) is 3.55. The van der Waals surface area contributed by atoms with Crippen LogP contribution in [0.4, 0.5) is 5.69 Å². The van der Waals surface area contributed by atoms with Gasteiger partial charge in [-0.1, -0.05) is 0 Å². The van der Waals surface area contributed by atoms with Crippen molar-refractivity contribution in [1.82, 2.24) is 0 Å². The molecule has 0 saturated heterocycles. The molecule has 1 aromatic heterocycles. The minimum Gasteiger partial charge on any atom is -0.497 e. The zero-order chi connectivity index (χ0) is 17.5. The van der Waals surface area contributed by atoms with E-state index in [0.29, 0.717) is 24.4 Å². The molecule has 0 aliphatic rings. The highest BCUT2D eigenvalue weighted by atomic mass is 16.5. The number of primary amides is 1. The molecule has 1 heterocycles. The Morgan fingerprint density at radius 1 is 1.17 bits per heavy atom. The molecule has 2 aromatic rings. The zero-order valence-electron chi connectivity index (χ0n) is 13.7. The third-order valence-electron chi connectivity index (χ3n) is 3.55. The van der Waals surface area contributed by atoms with Crippen LogP contribution in [0.1, 0.15) is 22.5 Å². The molecule has 0 saturated carbocycles. The van der Waals surface area contributed by atoms with Crippen LogP contribution in [0.3, 0.4) is 0 Å². The van der Waals surface area contributed by atoms with Crippen molar-refractivity contribution in [2.45, 2.75) is 13.0 Å². The topological polar surface area (TPSA) is 95.0 Å². The number of esters is 1. The van der Waals surface area contributed by atoms with Gasteiger partial charge in [-0.2, -0.15) is 0 Å².